The van der Waals surface area contributed by atoms with Crippen molar-refractivity contribution in [3.8, 4) is 0 Å². The molecule has 1 aromatic carbocycles. The number of amides is 2. The molecule has 0 spiro atoms. The lowest BCUT2D eigenvalue weighted by Gasteiger charge is -2.24. The second-order valence-electron chi connectivity index (χ2n) is 6.34. The van der Waals surface area contributed by atoms with Gasteiger partial charge in [-0.15, -0.1) is 0 Å². The molecule has 5 nitrogen and oxygen atoms in total. The third kappa shape index (κ3) is 3.72. The Hall–Kier alpha value is -1.88. The molecule has 23 heavy (non-hydrogen) atoms. The zero-order valence-electron chi connectivity index (χ0n) is 13.7. The summed E-state index contributed by atoms with van der Waals surface area (Å²) in [4.78, 5) is 28.8. The maximum absolute atomic E-state index is 12.6. The summed E-state index contributed by atoms with van der Waals surface area (Å²) in [5.74, 6) is 0.146. The van der Waals surface area contributed by atoms with Crippen LogP contribution in [0, 0.1) is 6.92 Å². The molecule has 2 heterocycles. The Labute approximate surface area is 137 Å². The zero-order valence-corrected chi connectivity index (χ0v) is 13.7. The predicted molar refractivity (Wildman–Crippen MR) is 87.3 cm³/mol. The van der Waals surface area contributed by atoms with Crippen LogP contribution in [0.4, 0.5) is 0 Å². The van der Waals surface area contributed by atoms with Crippen LogP contribution < -0.4 is 0 Å². The molecule has 1 atom stereocenters. The normalized spacial score (nSPS) is 22.0. The topological polar surface area (TPSA) is 49.9 Å². The molecule has 124 valence electrons. The number of benzene rings is 1. The third-order valence-electron chi connectivity index (χ3n) is 4.56. The Kier molecular flexibility index (Phi) is 4.96. The SMILES string of the molecule is Cc1cccc(C(=O)N2CCCN(C(=O)C3CCCO3)CC2)c1. The van der Waals surface area contributed by atoms with Gasteiger partial charge in [0.1, 0.15) is 6.10 Å². The van der Waals surface area contributed by atoms with Gasteiger partial charge in [0.25, 0.3) is 11.8 Å². The van der Waals surface area contributed by atoms with E-state index in [1.165, 1.54) is 0 Å². The van der Waals surface area contributed by atoms with Gasteiger partial charge in [-0.2, -0.15) is 0 Å². The van der Waals surface area contributed by atoms with E-state index in [1.54, 1.807) is 0 Å². The number of nitrogens with zero attached hydrogens (tertiary/aromatic N) is 2. The summed E-state index contributed by atoms with van der Waals surface area (Å²) in [6.45, 7) is 5.25. The molecule has 0 radical (unpaired) electrons. The molecule has 2 aliphatic heterocycles. The molecule has 3 rings (SSSR count). The lowest BCUT2D eigenvalue weighted by molar-refractivity contribution is -0.140. The van der Waals surface area contributed by atoms with Crippen molar-refractivity contribution in [3.63, 3.8) is 0 Å². The van der Waals surface area contributed by atoms with E-state index in [4.69, 9.17) is 4.74 Å². The zero-order chi connectivity index (χ0) is 16.2. The van der Waals surface area contributed by atoms with E-state index in [0.29, 0.717) is 32.8 Å². The quantitative estimate of drug-likeness (QED) is 0.837. The van der Waals surface area contributed by atoms with Crippen molar-refractivity contribution in [2.45, 2.75) is 32.3 Å². The average molecular weight is 316 g/mol. The highest BCUT2D eigenvalue weighted by molar-refractivity contribution is 5.94. The maximum atomic E-state index is 12.6. The molecule has 0 N–H and O–H groups in total. The van der Waals surface area contributed by atoms with Gasteiger partial charge in [-0.1, -0.05) is 17.7 Å². The van der Waals surface area contributed by atoms with Crippen LogP contribution in [0.1, 0.15) is 35.2 Å². The lowest BCUT2D eigenvalue weighted by atomic mass is 10.1. The summed E-state index contributed by atoms with van der Waals surface area (Å²) < 4.78 is 5.49. The van der Waals surface area contributed by atoms with E-state index >= 15 is 0 Å². The molecular weight excluding hydrogens is 292 g/mol. The molecule has 0 aliphatic carbocycles. The van der Waals surface area contributed by atoms with E-state index in [0.717, 1.165) is 30.4 Å². The highest BCUT2D eigenvalue weighted by atomic mass is 16.5. The molecule has 0 bridgehead atoms. The third-order valence-corrected chi connectivity index (χ3v) is 4.56. The molecule has 0 saturated carbocycles. The Morgan fingerprint density at radius 3 is 2.61 bits per heavy atom. The maximum Gasteiger partial charge on any atom is 0.253 e. The van der Waals surface area contributed by atoms with E-state index in [2.05, 4.69) is 0 Å². The van der Waals surface area contributed by atoms with E-state index < -0.39 is 0 Å². The molecule has 1 aromatic rings. The molecule has 2 amide bonds. The van der Waals surface area contributed by atoms with Crippen molar-refractivity contribution in [2.75, 3.05) is 32.8 Å². The van der Waals surface area contributed by atoms with Crippen LogP contribution in [0.25, 0.3) is 0 Å². The minimum absolute atomic E-state index is 0.0557. The molecule has 5 heteroatoms. The molecule has 2 saturated heterocycles. The first kappa shape index (κ1) is 16.0. The number of aryl methyl sites for hydroxylation is 1. The summed E-state index contributed by atoms with van der Waals surface area (Å²) in [6, 6.07) is 7.67. The van der Waals surface area contributed by atoms with Crippen LogP contribution in [0.15, 0.2) is 24.3 Å². The van der Waals surface area contributed by atoms with Crippen LogP contribution in [0.2, 0.25) is 0 Å². The Morgan fingerprint density at radius 2 is 1.87 bits per heavy atom. The van der Waals surface area contributed by atoms with Gasteiger partial charge >= 0.3 is 0 Å². The first-order valence-electron chi connectivity index (χ1n) is 8.41. The van der Waals surface area contributed by atoms with Gasteiger partial charge in [0.2, 0.25) is 0 Å². The van der Waals surface area contributed by atoms with Crippen LogP contribution in [0.3, 0.4) is 0 Å². The highest BCUT2D eigenvalue weighted by Crippen LogP contribution is 2.17. The Morgan fingerprint density at radius 1 is 1.09 bits per heavy atom. The number of hydrogen-bond donors (Lipinski definition) is 0. The van der Waals surface area contributed by atoms with Gasteiger partial charge in [-0.25, -0.2) is 0 Å². The Bertz CT molecular complexity index is 581. The van der Waals surface area contributed by atoms with Gasteiger partial charge in [0.05, 0.1) is 0 Å². The number of hydrogen-bond acceptors (Lipinski definition) is 3. The summed E-state index contributed by atoms with van der Waals surface area (Å²) in [6.07, 6.45) is 2.33. The summed E-state index contributed by atoms with van der Waals surface area (Å²) >= 11 is 0. The minimum Gasteiger partial charge on any atom is -0.368 e. The fourth-order valence-corrected chi connectivity index (χ4v) is 3.28. The van der Waals surface area contributed by atoms with Crippen molar-refractivity contribution in [3.05, 3.63) is 35.4 Å². The first-order chi connectivity index (χ1) is 11.1. The van der Waals surface area contributed by atoms with Crippen LogP contribution in [-0.4, -0.2) is 60.5 Å². The molecule has 0 aromatic heterocycles. The summed E-state index contributed by atoms with van der Waals surface area (Å²) in [5.41, 5.74) is 1.81. The van der Waals surface area contributed by atoms with Crippen LogP contribution in [-0.2, 0) is 9.53 Å². The number of ether oxygens (including phenoxy) is 1. The smallest absolute Gasteiger partial charge is 0.253 e. The van der Waals surface area contributed by atoms with Crippen molar-refractivity contribution < 1.29 is 14.3 Å². The van der Waals surface area contributed by atoms with Crippen molar-refractivity contribution in [2.24, 2.45) is 0 Å². The van der Waals surface area contributed by atoms with Gasteiger partial charge in [-0.05, 0) is 38.3 Å². The van der Waals surface area contributed by atoms with E-state index in [-0.39, 0.29) is 17.9 Å². The number of carbonyl (C=O) groups excluding carboxylic acids is 2. The number of carbonyl (C=O) groups is 2. The molecule has 1 unspecified atom stereocenters. The fraction of sp³-hybridized carbons (Fsp3) is 0.556. The Balaban J connectivity index is 1.61. The molecule has 2 fully saturated rings. The second kappa shape index (κ2) is 7.13. The van der Waals surface area contributed by atoms with Gasteiger partial charge < -0.3 is 14.5 Å². The van der Waals surface area contributed by atoms with Gasteiger partial charge in [0, 0.05) is 38.3 Å². The van der Waals surface area contributed by atoms with E-state index in [9.17, 15) is 9.59 Å². The largest absolute Gasteiger partial charge is 0.368 e. The van der Waals surface area contributed by atoms with E-state index in [1.807, 2.05) is 41.0 Å². The molecular formula is C18H24N2O3. The fourth-order valence-electron chi connectivity index (χ4n) is 3.28. The van der Waals surface area contributed by atoms with Crippen molar-refractivity contribution >= 4 is 11.8 Å². The van der Waals surface area contributed by atoms with Crippen molar-refractivity contribution in [1.29, 1.82) is 0 Å². The highest BCUT2D eigenvalue weighted by Gasteiger charge is 2.30. The average Bonchev–Trinajstić information content (AvgIpc) is 2.98. The second-order valence-corrected chi connectivity index (χ2v) is 6.34. The summed E-state index contributed by atoms with van der Waals surface area (Å²) in [7, 11) is 0. The lowest BCUT2D eigenvalue weighted by Crippen LogP contribution is -2.41. The summed E-state index contributed by atoms with van der Waals surface area (Å²) in [5, 5.41) is 0. The minimum atomic E-state index is -0.269. The molecule has 2 aliphatic rings. The first-order valence-corrected chi connectivity index (χ1v) is 8.41. The monoisotopic (exact) mass is 316 g/mol. The van der Waals surface area contributed by atoms with Crippen LogP contribution >= 0.6 is 0 Å². The van der Waals surface area contributed by atoms with Gasteiger partial charge in [-0.3, -0.25) is 9.59 Å². The standard InChI is InChI=1S/C18H24N2O3/c1-14-5-2-6-15(13-14)17(21)19-8-4-9-20(11-10-19)18(22)16-7-3-12-23-16/h2,5-6,13,16H,3-4,7-12H2,1H3. The predicted octanol–water partition coefficient (Wildman–Crippen LogP) is 1.85. The van der Waals surface area contributed by atoms with Crippen molar-refractivity contribution in [1.82, 2.24) is 9.80 Å². The van der Waals surface area contributed by atoms with Gasteiger partial charge in [0.15, 0.2) is 0 Å². The van der Waals surface area contributed by atoms with Crippen LogP contribution in [0.5, 0.6) is 0 Å². The number of rotatable bonds is 2.